The van der Waals surface area contributed by atoms with Crippen molar-refractivity contribution in [2.24, 2.45) is 4.99 Å². The topological polar surface area (TPSA) is 12.4 Å². The Bertz CT molecular complexity index is 359. The van der Waals surface area contributed by atoms with Crippen molar-refractivity contribution >= 4 is 6.21 Å². The number of hydrogen-bond donors (Lipinski definition) is 0. The number of benzene rings is 1. The summed E-state index contributed by atoms with van der Waals surface area (Å²) in [5.41, 5.74) is 2.78. The molecule has 0 radical (unpaired) electrons. The fourth-order valence-electron chi connectivity index (χ4n) is 1.79. The monoisotopic (exact) mass is 199 g/mol. The van der Waals surface area contributed by atoms with E-state index in [1.165, 1.54) is 11.1 Å². The standard InChI is InChI=1S/C14H17N/c1-11(2)13-7-5-12(6-8-13)10-14-4-3-9-15-14/h3-9,11,14H,10H2,1-2H3. The summed E-state index contributed by atoms with van der Waals surface area (Å²) in [6.07, 6.45) is 7.07. The maximum absolute atomic E-state index is 4.35. The number of rotatable bonds is 3. The van der Waals surface area contributed by atoms with E-state index >= 15 is 0 Å². The van der Waals surface area contributed by atoms with Crippen LogP contribution in [0.25, 0.3) is 0 Å². The van der Waals surface area contributed by atoms with E-state index in [-0.39, 0.29) is 0 Å². The van der Waals surface area contributed by atoms with Crippen molar-refractivity contribution in [2.75, 3.05) is 0 Å². The fraction of sp³-hybridized carbons (Fsp3) is 0.357. The van der Waals surface area contributed by atoms with Crippen molar-refractivity contribution in [3.63, 3.8) is 0 Å². The number of allylic oxidation sites excluding steroid dienone is 1. The molecule has 1 heterocycles. The second-order valence-corrected chi connectivity index (χ2v) is 4.35. The molecule has 0 saturated carbocycles. The van der Waals surface area contributed by atoms with E-state index in [0.717, 1.165) is 6.42 Å². The van der Waals surface area contributed by atoms with Crippen molar-refractivity contribution in [1.29, 1.82) is 0 Å². The third kappa shape index (κ3) is 2.56. The molecular formula is C14H17N. The molecule has 1 nitrogen and oxygen atoms in total. The SMILES string of the molecule is CC(C)c1ccc(CC2C=CC=N2)cc1. The molecule has 0 N–H and O–H groups in total. The van der Waals surface area contributed by atoms with Crippen LogP contribution in [0.3, 0.4) is 0 Å². The van der Waals surface area contributed by atoms with E-state index in [2.05, 4.69) is 49.2 Å². The van der Waals surface area contributed by atoms with Gasteiger partial charge in [-0.05, 0) is 29.5 Å². The average molecular weight is 199 g/mol. The van der Waals surface area contributed by atoms with E-state index in [0.29, 0.717) is 12.0 Å². The van der Waals surface area contributed by atoms with Gasteiger partial charge in [0, 0.05) is 6.21 Å². The van der Waals surface area contributed by atoms with Crippen LogP contribution in [0, 0.1) is 0 Å². The zero-order valence-corrected chi connectivity index (χ0v) is 9.35. The van der Waals surface area contributed by atoms with Crippen LogP contribution in [-0.2, 0) is 6.42 Å². The van der Waals surface area contributed by atoms with Gasteiger partial charge in [0.1, 0.15) is 0 Å². The van der Waals surface area contributed by atoms with Crippen LogP contribution in [-0.4, -0.2) is 12.3 Å². The molecule has 78 valence electrons. The van der Waals surface area contributed by atoms with Gasteiger partial charge in [-0.15, -0.1) is 0 Å². The van der Waals surface area contributed by atoms with E-state index < -0.39 is 0 Å². The lowest BCUT2D eigenvalue weighted by molar-refractivity contribution is 0.822. The zero-order valence-electron chi connectivity index (χ0n) is 9.35. The van der Waals surface area contributed by atoms with Gasteiger partial charge in [-0.2, -0.15) is 0 Å². The predicted molar refractivity (Wildman–Crippen MR) is 65.7 cm³/mol. The average Bonchev–Trinajstić information content (AvgIpc) is 2.71. The molecular weight excluding hydrogens is 182 g/mol. The van der Waals surface area contributed by atoms with Gasteiger partial charge >= 0.3 is 0 Å². The number of hydrogen-bond acceptors (Lipinski definition) is 1. The molecule has 0 saturated heterocycles. The van der Waals surface area contributed by atoms with Gasteiger partial charge in [-0.1, -0.05) is 44.2 Å². The summed E-state index contributed by atoms with van der Waals surface area (Å²) in [5.74, 6) is 0.614. The molecule has 15 heavy (non-hydrogen) atoms. The van der Waals surface area contributed by atoms with Crippen LogP contribution in [0.15, 0.2) is 41.4 Å². The smallest absolute Gasteiger partial charge is 0.0723 e. The molecule has 0 bridgehead atoms. The van der Waals surface area contributed by atoms with Crippen molar-refractivity contribution in [3.8, 4) is 0 Å². The van der Waals surface area contributed by atoms with Crippen molar-refractivity contribution in [3.05, 3.63) is 47.5 Å². The van der Waals surface area contributed by atoms with Crippen LogP contribution in [0.2, 0.25) is 0 Å². The van der Waals surface area contributed by atoms with Crippen LogP contribution in [0.4, 0.5) is 0 Å². The largest absolute Gasteiger partial charge is 0.285 e. The van der Waals surface area contributed by atoms with Gasteiger partial charge in [-0.25, -0.2) is 0 Å². The highest BCUT2D eigenvalue weighted by atomic mass is 14.8. The normalized spacial score (nSPS) is 19.0. The first kappa shape index (κ1) is 10.2. The first-order chi connectivity index (χ1) is 7.25. The molecule has 1 aromatic carbocycles. The number of aliphatic imine (C=N–C) groups is 1. The highest BCUT2D eigenvalue weighted by molar-refractivity contribution is 5.74. The molecule has 0 spiro atoms. The minimum Gasteiger partial charge on any atom is -0.285 e. The Balaban J connectivity index is 2.03. The summed E-state index contributed by atoms with van der Waals surface area (Å²) in [6, 6.07) is 9.24. The third-order valence-corrected chi connectivity index (χ3v) is 2.79. The highest BCUT2D eigenvalue weighted by Crippen LogP contribution is 2.16. The van der Waals surface area contributed by atoms with E-state index in [4.69, 9.17) is 0 Å². The quantitative estimate of drug-likeness (QED) is 0.707. The minimum atomic E-state index is 0.356. The molecule has 1 unspecified atom stereocenters. The van der Waals surface area contributed by atoms with E-state index in [1.54, 1.807) is 0 Å². The second kappa shape index (κ2) is 4.43. The first-order valence-corrected chi connectivity index (χ1v) is 5.54. The maximum Gasteiger partial charge on any atom is 0.0723 e. The molecule has 0 aliphatic carbocycles. The summed E-state index contributed by atoms with van der Waals surface area (Å²) >= 11 is 0. The first-order valence-electron chi connectivity index (χ1n) is 5.54. The summed E-state index contributed by atoms with van der Waals surface area (Å²) in [5, 5.41) is 0. The van der Waals surface area contributed by atoms with Gasteiger partial charge in [0.05, 0.1) is 6.04 Å². The highest BCUT2D eigenvalue weighted by Gasteiger charge is 2.06. The lowest BCUT2D eigenvalue weighted by Gasteiger charge is -2.08. The second-order valence-electron chi connectivity index (χ2n) is 4.35. The third-order valence-electron chi connectivity index (χ3n) is 2.79. The molecule has 2 rings (SSSR count). The van der Waals surface area contributed by atoms with Crippen LogP contribution >= 0.6 is 0 Å². The summed E-state index contributed by atoms with van der Waals surface area (Å²) in [7, 11) is 0. The zero-order chi connectivity index (χ0) is 10.7. The molecule has 0 aromatic heterocycles. The Labute approximate surface area is 91.6 Å². The Morgan fingerprint density at radius 1 is 1.20 bits per heavy atom. The van der Waals surface area contributed by atoms with Gasteiger partial charge < -0.3 is 0 Å². The summed E-state index contributed by atoms with van der Waals surface area (Å²) in [4.78, 5) is 4.35. The van der Waals surface area contributed by atoms with Crippen LogP contribution in [0.5, 0.6) is 0 Å². The fourth-order valence-corrected chi connectivity index (χ4v) is 1.79. The Hall–Kier alpha value is -1.37. The maximum atomic E-state index is 4.35. The van der Waals surface area contributed by atoms with Gasteiger partial charge in [0.15, 0.2) is 0 Å². The molecule has 1 aliphatic rings. The number of nitrogens with zero attached hydrogens (tertiary/aromatic N) is 1. The van der Waals surface area contributed by atoms with Crippen molar-refractivity contribution in [2.45, 2.75) is 32.2 Å². The molecule has 1 heteroatoms. The van der Waals surface area contributed by atoms with Crippen LogP contribution < -0.4 is 0 Å². The van der Waals surface area contributed by atoms with Crippen LogP contribution in [0.1, 0.15) is 30.9 Å². The van der Waals surface area contributed by atoms with Crippen molar-refractivity contribution < 1.29 is 0 Å². The molecule has 1 atom stereocenters. The Kier molecular flexibility index (Phi) is 3.00. The van der Waals surface area contributed by atoms with Gasteiger partial charge in [0.25, 0.3) is 0 Å². The lowest BCUT2D eigenvalue weighted by Crippen LogP contribution is -2.02. The van der Waals surface area contributed by atoms with Gasteiger partial charge in [-0.3, -0.25) is 4.99 Å². The van der Waals surface area contributed by atoms with Crippen molar-refractivity contribution in [1.82, 2.24) is 0 Å². The summed E-state index contributed by atoms with van der Waals surface area (Å²) < 4.78 is 0. The van der Waals surface area contributed by atoms with Gasteiger partial charge in [0.2, 0.25) is 0 Å². The molecule has 1 aliphatic heterocycles. The molecule has 1 aromatic rings. The predicted octanol–water partition coefficient (Wildman–Crippen LogP) is 3.36. The Morgan fingerprint density at radius 2 is 1.93 bits per heavy atom. The molecule has 0 amide bonds. The molecule has 0 fully saturated rings. The lowest BCUT2D eigenvalue weighted by atomic mass is 9.99. The van der Waals surface area contributed by atoms with E-state index in [1.807, 2.05) is 12.3 Å². The Morgan fingerprint density at radius 3 is 2.47 bits per heavy atom. The van der Waals surface area contributed by atoms with E-state index in [9.17, 15) is 0 Å². The minimum absolute atomic E-state index is 0.356. The summed E-state index contributed by atoms with van der Waals surface area (Å²) in [6.45, 7) is 4.44.